The second-order valence-corrected chi connectivity index (χ2v) is 3.81. The van der Waals surface area contributed by atoms with Crippen molar-refractivity contribution in [1.29, 1.82) is 0 Å². The van der Waals surface area contributed by atoms with Crippen LogP contribution in [-0.2, 0) is 14.3 Å². The second kappa shape index (κ2) is 9.27. The molecule has 0 aromatic carbocycles. The molecule has 0 spiro atoms. The molecule has 0 aromatic rings. The zero-order chi connectivity index (χ0) is 14.0. The summed E-state index contributed by atoms with van der Waals surface area (Å²) in [5.74, 6) is -0.529. The number of amides is 1. The zero-order valence-electron chi connectivity index (χ0n) is 11.0. The second-order valence-electron chi connectivity index (χ2n) is 3.81. The number of carbonyl (C=O) groups is 2. The largest absolute Gasteiger partial charge is 0.460 e. The monoisotopic (exact) mass is 255 g/mol. The molecule has 102 valence electrons. The lowest BCUT2D eigenvalue weighted by Gasteiger charge is -2.21. The van der Waals surface area contributed by atoms with Gasteiger partial charge in [0.2, 0.25) is 0 Å². The van der Waals surface area contributed by atoms with E-state index in [4.69, 9.17) is 9.47 Å². The van der Waals surface area contributed by atoms with Crippen LogP contribution in [0.5, 0.6) is 0 Å². The maximum Gasteiger partial charge on any atom is 0.408 e. The fourth-order valence-electron chi connectivity index (χ4n) is 1.20. The normalized spacial score (nSPS) is 13.0. The van der Waals surface area contributed by atoms with Gasteiger partial charge in [-0.05, 0) is 5.92 Å². The molecule has 1 amide bonds. The summed E-state index contributed by atoms with van der Waals surface area (Å²) in [6, 6.07) is -0.715. The standard InChI is InChI=1S/C13H21NO4/c1-5-8-17-12(15)11(10(4)7-3)14-13(16)18-9-6-2/h5-6,10-11H,1-2,7-9H2,3-4H3,(H,14,16)/t10?,11-/m0/s1. The Balaban J connectivity index is 4.47. The molecule has 0 radical (unpaired) electrons. The summed E-state index contributed by atoms with van der Waals surface area (Å²) >= 11 is 0. The number of ether oxygens (including phenoxy) is 2. The number of nitrogens with one attached hydrogen (secondary N) is 1. The van der Waals surface area contributed by atoms with Crippen LogP contribution in [0.4, 0.5) is 4.79 Å². The molecule has 0 aliphatic heterocycles. The highest BCUT2D eigenvalue weighted by atomic mass is 16.6. The Bertz CT molecular complexity index is 301. The van der Waals surface area contributed by atoms with Crippen molar-refractivity contribution >= 4 is 12.1 Å². The van der Waals surface area contributed by atoms with E-state index in [1.807, 2.05) is 13.8 Å². The zero-order valence-corrected chi connectivity index (χ0v) is 11.0. The van der Waals surface area contributed by atoms with E-state index in [9.17, 15) is 9.59 Å². The highest BCUT2D eigenvalue weighted by Gasteiger charge is 2.27. The average molecular weight is 255 g/mol. The summed E-state index contributed by atoms with van der Waals surface area (Å²) in [5.41, 5.74) is 0. The predicted molar refractivity (Wildman–Crippen MR) is 69.1 cm³/mol. The third-order valence-corrected chi connectivity index (χ3v) is 2.42. The van der Waals surface area contributed by atoms with Crippen molar-refractivity contribution in [3.05, 3.63) is 25.3 Å². The number of hydrogen-bond acceptors (Lipinski definition) is 4. The molecule has 0 bridgehead atoms. The molecule has 1 N–H and O–H groups in total. The number of alkyl carbamates (subject to hydrolysis) is 1. The Morgan fingerprint density at radius 1 is 1.22 bits per heavy atom. The number of rotatable bonds is 8. The predicted octanol–water partition coefficient (Wildman–Crippen LogP) is 2.04. The van der Waals surface area contributed by atoms with Gasteiger partial charge >= 0.3 is 12.1 Å². The van der Waals surface area contributed by atoms with E-state index in [-0.39, 0.29) is 19.1 Å². The number of carbonyl (C=O) groups excluding carboxylic acids is 2. The van der Waals surface area contributed by atoms with E-state index < -0.39 is 18.1 Å². The van der Waals surface area contributed by atoms with Crippen LogP contribution in [0.3, 0.4) is 0 Å². The Morgan fingerprint density at radius 2 is 1.78 bits per heavy atom. The van der Waals surface area contributed by atoms with Crippen molar-refractivity contribution in [1.82, 2.24) is 5.32 Å². The first-order chi connectivity index (χ1) is 8.56. The molecule has 5 nitrogen and oxygen atoms in total. The van der Waals surface area contributed by atoms with Crippen LogP contribution in [0.2, 0.25) is 0 Å². The van der Waals surface area contributed by atoms with Gasteiger partial charge in [0.1, 0.15) is 19.3 Å². The van der Waals surface area contributed by atoms with Crippen LogP contribution in [0.1, 0.15) is 20.3 Å². The molecule has 1 unspecified atom stereocenters. The first-order valence-electron chi connectivity index (χ1n) is 5.88. The van der Waals surface area contributed by atoms with Gasteiger partial charge in [0.25, 0.3) is 0 Å². The lowest BCUT2D eigenvalue weighted by atomic mass is 9.99. The van der Waals surface area contributed by atoms with Crippen LogP contribution in [-0.4, -0.2) is 31.3 Å². The van der Waals surface area contributed by atoms with Crippen LogP contribution < -0.4 is 5.32 Å². The highest BCUT2D eigenvalue weighted by molar-refractivity contribution is 5.81. The topological polar surface area (TPSA) is 64.6 Å². The summed E-state index contributed by atoms with van der Waals surface area (Å²) in [7, 11) is 0. The van der Waals surface area contributed by atoms with Gasteiger partial charge in [-0.3, -0.25) is 0 Å². The SMILES string of the molecule is C=CCOC(=O)N[C@H](C(=O)OCC=C)C(C)CC. The molecule has 0 fully saturated rings. The fourth-order valence-corrected chi connectivity index (χ4v) is 1.20. The summed E-state index contributed by atoms with van der Waals surface area (Å²) in [5, 5.41) is 2.49. The minimum Gasteiger partial charge on any atom is -0.460 e. The van der Waals surface area contributed by atoms with Crippen LogP contribution in [0.25, 0.3) is 0 Å². The number of esters is 1. The molecule has 18 heavy (non-hydrogen) atoms. The van der Waals surface area contributed by atoms with Gasteiger partial charge in [0.05, 0.1) is 0 Å². The average Bonchev–Trinajstić information content (AvgIpc) is 2.38. The van der Waals surface area contributed by atoms with E-state index in [1.54, 1.807) is 0 Å². The van der Waals surface area contributed by atoms with Crippen LogP contribution in [0.15, 0.2) is 25.3 Å². The molecule has 0 aromatic heterocycles. The van der Waals surface area contributed by atoms with Gasteiger partial charge < -0.3 is 14.8 Å². The van der Waals surface area contributed by atoms with E-state index in [2.05, 4.69) is 18.5 Å². The first kappa shape index (κ1) is 16.2. The van der Waals surface area contributed by atoms with Gasteiger partial charge in [0.15, 0.2) is 0 Å². The fraction of sp³-hybridized carbons (Fsp3) is 0.538. The number of hydrogen-bond donors (Lipinski definition) is 1. The molecule has 0 heterocycles. The van der Waals surface area contributed by atoms with E-state index in [0.29, 0.717) is 0 Å². The van der Waals surface area contributed by atoms with Crippen LogP contribution >= 0.6 is 0 Å². The van der Waals surface area contributed by atoms with Gasteiger partial charge in [-0.25, -0.2) is 9.59 Å². The third-order valence-electron chi connectivity index (χ3n) is 2.42. The molecule has 0 aliphatic carbocycles. The maximum absolute atomic E-state index is 11.8. The van der Waals surface area contributed by atoms with E-state index in [1.165, 1.54) is 12.2 Å². The summed E-state index contributed by atoms with van der Waals surface area (Å²) in [6.45, 7) is 10.9. The Morgan fingerprint density at radius 3 is 2.28 bits per heavy atom. The van der Waals surface area contributed by atoms with Crippen molar-refractivity contribution in [2.24, 2.45) is 5.92 Å². The molecule has 5 heteroatoms. The maximum atomic E-state index is 11.8. The Labute approximate surface area is 108 Å². The van der Waals surface area contributed by atoms with Crippen LogP contribution in [0, 0.1) is 5.92 Å². The van der Waals surface area contributed by atoms with E-state index >= 15 is 0 Å². The minimum atomic E-state index is -0.715. The lowest BCUT2D eigenvalue weighted by Crippen LogP contribution is -2.46. The Kier molecular flexibility index (Phi) is 8.35. The van der Waals surface area contributed by atoms with Gasteiger partial charge in [0, 0.05) is 0 Å². The van der Waals surface area contributed by atoms with Gasteiger partial charge in [-0.2, -0.15) is 0 Å². The molecule has 0 saturated heterocycles. The lowest BCUT2D eigenvalue weighted by molar-refractivity contribution is -0.146. The van der Waals surface area contributed by atoms with Crippen molar-refractivity contribution in [3.63, 3.8) is 0 Å². The molecule has 0 rings (SSSR count). The summed E-state index contributed by atoms with van der Waals surface area (Å²) in [4.78, 5) is 23.2. The Hall–Kier alpha value is -1.78. The quantitative estimate of drug-likeness (QED) is 0.532. The summed E-state index contributed by atoms with van der Waals surface area (Å²) in [6.07, 6.45) is 3.00. The van der Waals surface area contributed by atoms with Gasteiger partial charge in [-0.15, -0.1) is 0 Å². The highest BCUT2D eigenvalue weighted by Crippen LogP contribution is 2.09. The molecular weight excluding hydrogens is 234 g/mol. The first-order valence-corrected chi connectivity index (χ1v) is 5.88. The summed E-state index contributed by atoms with van der Waals surface area (Å²) < 4.78 is 9.71. The third kappa shape index (κ3) is 6.08. The van der Waals surface area contributed by atoms with Crippen molar-refractivity contribution in [2.75, 3.05) is 13.2 Å². The minimum absolute atomic E-state index is 0.0430. The molecule has 2 atom stereocenters. The smallest absolute Gasteiger partial charge is 0.408 e. The molecule has 0 aliphatic rings. The van der Waals surface area contributed by atoms with Crippen molar-refractivity contribution in [3.8, 4) is 0 Å². The molecule has 0 saturated carbocycles. The van der Waals surface area contributed by atoms with Crippen molar-refractivity contribution in [2.45, 2.75) is 26.3 Å². The molecular formula is C13H21NO4. The van der Waals surface area contributed by atoms with E-state index in [0.717, 1.165) is 6.42 Å². The van der Waals surface area contributed by atoms with Crippen molar-refractivity contribution < 1.29 is 19.1 Å². The van der Waals surface area contributed by atoms with Gasteiger partial charge in [-0.1, -0.05) is 45.6 Å².